The number of carbonyl (C=O) groups excluding carboxylic acids is 1. The molecule has 0 atom stereocenters. The predicted molar refractivity (Wildman–Crippen MR) is 222 cm³/mol. The number of allylic oxidation sites excluding steroid dienone is 1. The SMILES string of the molecule is Cc1ccc(N/N=C2/C(=O)c3c(cc(S(=O)(=O)O)cc3Nc3nc(Cl)nc(Nc4ccc(S(=O)(=O)O)c(Nc5nc(Cl)nc(C(C)C)n5)c4)n3)C=C2S(=O)(=O)O)c(S(=O)(=O)O)c1. The van der Waals surface area contributed by atoms with Crippen LogP contribution in [-0.4, -0.2) is 93.3 Å². The predicted octanol–water partition coefficient (Wildman–Crippen LogP) is 4.66. The Hall–Kier alpha value is -5.82. The Morgan fingerprint density at radius 2 is 1.23 bits per heavy atom. The van der Waals surface area contributed by atoms with Crippen LogP contribution in [0.1, 0.15) is 47.1 Å². The third kappa shape index (κ3) is 10.4. The van der Waals surface area contributed by atoms with E-state index in [2.05, 4.69) is 56.4 Å². The summed E-state index contributed by atoms with van der Waals surface area (Å²) in [4.78, 5) is 34.9. The summed E-state index contributed by atoms with van der Waals surface area (Å²) in [6.07, 6.45) is 0.634. The fourth-order valence-corrected chi connectivity index (χ4v) is 8.37. The minimum absolute atomic E-state index is 0.0419. The lowest BCUT2D eigenvalue weighted by atomic mass is 9.93. The summed E-state index contributed by atoms with van der Waals surface area (Å²) < 4.78 is 138. The molecule has 62 heavy (non-hydrogen) atoms. The van der Waals surface area contributed by atoms with E-state index in [1.54, 1.807) is 13.8 Å². The number of carbonyl (C=O) groups is 1. The first-order valence-corrected chi connectivity index (χ1v) is 23.3. The van der Waals surface area contributed by atoms with E-state index >= 15 is 0 Å². The van der Waals surface area contributed by atoms with Crippen molar-refractivity contribution in [3.63, 3.8) is 0 Å². The molecular formula is C32H27Cl2N11O13S4. The summed E-state index contributed by atoms with van der Waals surface area (Å²) in [6, 6.07) is 8.35. The van der Waals surface area contributed by atoms with Crippen molar-refractivity contribution in [1.29, 1.82) is 0 Å². The lowest BCUT2D eigenvalue weighted by Gasteiger charge is -2.20. The van der Waals surface area contributed by atoms with Gasteiger partial charge in [0.25, 0.3) is 40.5 Å². The van der Waals surface area contributed by atoms with Crippen molar-refractivity contribution in [3.05, 3.63) is 86.5 Å². The van der Waals surface area contributed by atoms with E-state index in [0.29, 0.717) is 17.7 Å². The molecule has 0 bridgehead atoms. The van der Waals surface area contributed by atoms with Crippen molar-refractivity contribution in [2.24, 2.45) is 5.10 Å². The molecule has 5 aromatic rings. The maximum atomic E-state index is 14.1. The van der Waals surface area contributed by atoms with Gasteiger partial charge in [0.1, 0.15) is 20.5 Å². The van der Waals surface area contributed by atoms with E-state index in [-0.39, 0.29) is 40.3 Å². The first-order valence-electron chi connectivity index (χ1n) is 16.7. The second kappa shape index (κ2) is 16.8. The van der Waals surface area contributed by atoms with Crippen molar-refractivity contribution in [2.75, 3.05) is 21.4 Å². The van der Waals surface area contributed by atoms with Crippen LogP contribution in [0.2, 0.25) is 10.6 Å². The highest BCUT2D eigenvalue weighted by atomic mass is 35.5. The molecular weight excluding hydrogens is 946 g/mol. The van der Waals surface area contributed by atoms with Crippen molar-refractivity contribution in [3.8, 4) is 0 Å². The zero-order chi connectivity index (χ0) is 45.7. The van der Waals surface area contributed by atoms with E-state index in [0.717, 1.165) is 24.3 Å². The number of anilines is 7. The third-order valence-corrected chi connectivity index (χ3v) is 12.0. The van der Waals surface area contributed by atoms with E-state index in [9.17, 15) is 56.7 Å². The average Bonchev–Trinajstić information content (AvgIpc) is 3.12. The molecule has 24 nitrogen and oxygen atoms in total. The largest absolute Gasteiger partial charge is 0.324 e. The molecule has 0 fully saturated rings. The Kier molecular flexibility index (Phi) is 12.4. The van der Waals surface area contributed by atoms with Crippen LogP contribution in [0, 0.1) is 6.92 Å². The summed E-state index contributed by atoms with van der Waals surface area (Å²) in [7, 11) is -20.2. The number of aryl methyl sites for hydroxylation is 1. The molecule has 1 aliphatic carbocycles. The zero-order valence-electron chi connectivity index (χ0n) is 31.3. The number of benzene rings is 3. The zero-order valence-corrected chi connectivity index (χ0v) is 36.0. The molecule has 0 radical (unpaired) electrons. The number of hydrogen-bond donors (Lipinski definition) is 8. The maximum absolute atomic E-state index is 14.1. The average molecular weight is 973 g/mol. The van der Waals surface area contributed by atoms with Crippen LogP contribution in [0.5, 0.6) is 0 Å². The van der Waals surface area contributed by atoms with Gasteiger partial charge in [-0.1, -0.05) is 19.9 Å². The van der Waals surface area contributed by atoms with Crippen molar-refractivity contribution in [2.45, 2.75) is 41.4 Å². The van der Waals surface area contributed by atoms with Gasteiger partial charge in [0.2, 0.25) is 34.2 Å². The molecule has 2 aromatic heterocycles. The number of hydrogen-bond acceptors (Lipinski definition) is 20. The maximum Gasteiger partial charge on any atom is 0.296 e. The lowest BCUT2D eigenvalue weighted by molar-refractivity contribution is 0.106. The first-order chi connectivity index (χ1) is 28.7. The summed E-state index contributed by atoms with van der Waals surface area (Å²) >= 11 is 12.2. The van der Waals surface area contributed by atoms with Gasteiger partial charge in [-0.2, -0.15) is 63.7 Å². The number of fused-ring (bicyclic) bond motifs is 1. The monoisotopic (exact) mass is 971 g/mol. The Labute approximate surface area is 361 Å². The number of rotatable bonds is 13. The van der Waals surface area contributed by atoms with E-state index in [4.69, 9.17) is 23.2 Å². The quantitative estimate of drug-likeness (QED) is 0.0587. The van der Waals surface area contributed by atoms with Gasteiger partial charge in [0.15, 0.2) is 5.71 Å². The molecule has 0 aliphatic heterocycles. The topological polar surface area (TPSA) is 372 Å². The highest BCUT2D eigenvalue weighted by molar-refractivity contribution is 7.91. The van der Waals surface area contributed by atoms with Gasteiger partial charge in [-0.3, -0.25) is 28.4 Å². The van der Waals surface area contributed by atoms with E-state index in [1.807, 2.05) is 0 Å². The second-order valence-electron chi connectivity index (χ2n) is 13.0. The molecule has 2 heterocycles. The van der Waals surface area contributed by atoms with Gasteiger partial charge < -0.3 is 16.0 Å². The van der Waals surface area contributed by atoms with Gasteiger partial charge in [-0.15, -0.1) is 0 Å². The van der Waals surface area contributed by atoms with E-state index in [1.165, 1.54) is 25.1 Å². The number of nitrogens with zero attached hydrogens (tertiary/aromatic N) is 7. The Balaban J connectivity index is 1.42. The molecule has 3 aromatic carbocycles. The van der Waals surface area contributed by atoms with Gasteiger partial charge >= 0.3 is 0 Å². The molecule has 0 amide bonds. The molecule has 0 saturated heterocycles. The number of aromatic nitrogens is 6. The number of ketones is 1. The molecule has 0 saturated carbocycles. The summed E-state index contributed by atoms with van der Waals surface area (Å²) in [5, 5.41) is 10.9. The van der Waals surface area contributed by atoms with Crippen LogP contribution in [0.4, 0.5) is 40.6 Å². The molecule has 6 rings (SSSR count). The lowest BCUT2D eigenvalue weighted by Crippen LogP contribution is -2.28. The Morgan fingerprint density at radius 1 is 0.629 bits per heavy atom. The number of halogens is 2. The van der Waals surface area contributed by atoms with E-state index < -0.39 is 105 Å². The second-order valence-corrected chi connectivity index (χ2v) is 19.3. The smallest absolute Gasteiger partial charge is 0.296 e. The van der Waals surface area contributed by atoms with Gasteiger partial charge in [0.05, 0.1) is 27.5 Å². The fourth-order valence-electron chi connectivity index (χ4n) is 5.49. The molecule has 1 aliphatic rings. The normalized spacial score (nSPS) is 14.1. The fraction of sp³-hybridized carbons (Fsp3) is 0.125. The summed E-state index contributed by atoms with van der Waals surface area (Å²) in [5.74, 6) is -2.37. The number of nitrogens with one attached hydrogen (secondary N) is 4. The van der Waals surface area contributed by atoms with Crippen LogP contribution < -0.4 is 21.4 Å². The van der Waals surface area contributed by atoms with Crippen LogP contribution in [-0.2, 0) is 40.5 Å². The summed E-state index contributed by atoms with van der Waals surface area (Å²) in [5.41, 5.74) is -0.726. The van der Waals surface area contributed by atoms with Gasteiger partial charge in [-0.25, -0.2) is 4.98 Å². The molecule has 0 unspecified atom stereocenters. The van der Waals surface area contributed by atoms with Gasteiger partial charge in [0, 0.05) is 11.6 Å². The highest BCUT2D eigenvalue weighted by Crippen LogP contribution is 2.36. The standard InChI is InChI=1S/C32H27Cl2N11O13S4/c1-13(2)27-38-28(33)40-31(39-27)36-19-11-16(5-7-21(19)60(50,51)52)35-30-41-29(34)42-32(43-30)37-20-12-17(59(47,48)49)9-15-10-23(62(56,57)58)25(26(46)24(15)20)45-44-18-6-4-14(3)8-22(18)61(53,54)55/h4-13,44H,1-3H3,(H,47,48,49)(H,50,51,52)(H,53,54,55)(H,56,57,58)(H,36,38,39,40)(H2,35,37,41,42,43)/b45-25+. The van der Waals surface area contributed by atoms with Crippen LogP contribution in [0.3, 0.4) is 0 Å². The third-order valence-electron chi connectivity index (χ3n) is 8.14. The van der Waals surface area contributed by atoms with Crippen LogP contribution in [0.15, 0.2) is 73.2 Å². The number of Topliss-reactive ketones (excluding diaryl/α,β-unsaturated/α-hetero) is 1. The Bertz CT molecular complexity index is 3250. The molecule has 30 heteroatoms. The highest BCUT2D eigenvalue weighted by Gasteiger charge is 2.36. The minimum atomic E-state index is -5.36. The first kappa shape index (κ1) is 45.7. The van der Waals surface area contributed by atoms with Crippen LogP contribution in [0.25, 0.3) is 6.08 Å². The van der Waals surface area contributed by atoms with Crippen molar-refractivity contribution in [1.82, 2.24) is 29.9 Å². The van der Waals surface area contributed by atoms with Crippen LogP contribution >= 0.6 is 23.2 Å². The number of hydrazone groups is 1. The van der Waals surface area contributed by atoms with Gasteiger partial charge in [-0.05, 0) is 89.8 Å². The summed E-state index contributed by atoms with van der Waals surface area (Å²) in [6.45, 7) is 5.03. The molecule has 326 valence electrons. The minimum Gasteiger partial charge on any atom is -0.324 e. The van der Waals surface area contributed by atoms with Crippen molar-refractivity contribution < 1.29 is 56.7 Å². The molecule has 8 N–H and O–H groups in total. The Morgan fingerprint density at radius 3 is 1.82 bits per heavy atom. The molecule has 0 spiro atoms. The van der Waals surface area contributed by atoms with Crippen molar-refractivity contribution >= 4 is 122 Å².